The molecule has 1 aromatic rings. The van der Waals surface area contributed by atoms with Gasteiger partial charge in [-0.05, 0) is 56.8 Å². The number of benzene rings is 1. The topological polar surface area (TPSA) is 58.4 Å². The van der Waals surface area contributed by atoms with Crippen LogP contribution in [-0.4, -0.2) is 29.4 Å². The number of hydrogen-bond acceptors (Lipinski definition) is 3. The fourth-order valence-corrected chi connectivity index (χ4v) is 2.65. The first-order valence-corrected chi connectivity index (χ1v) is 8.22. The minimum Gasteiger partial charge on any atom is -0.350 e. The van der Waals surface area contributed by atoms with E-state index in [-0.39, 0.29) is 30.7 Å². The minimum absolute atomic E-state index is 0. The highest BCUT2D eigenvalue weighted by Crippen LogP contribution is 2.18. The van der Waals surface area contributed by atoms with Crippen molar-refractivity contribution in [2.45, 2.75) is 52.2 Å². The molecular formula is C18H31Cl2N3O. The molecule has 1 aromatic carbocycles. The van der Waals surface area contributed by atoms with E-state index in [1.54, 1.807) is 13.8 Å². The third kappa shape index (κ3) is 7.39. The Hall–Kier alpha value is -0.810. The van der Waals surface area contributed by atoms with Crippen LogP contribution in [0.4, 0.5) is 0 Å². The van der Waals surface area contributed by atoms with Crippen molar-refractivity contribution >= 4 is 30.7 Å². The number of hydrogen-bond donors (Lipinski definition) is 2. The van der Waals surface area contributed by atoms with Gasteiger partial charge in [-0.2, -0.15) is 0 Å². The smallest absolute Gasteiger partial charge is 0.239 e. The molecule has 24 heavy (non-hydrogen) atoms. The molecule has 1 heterocycles. The maximum Gasteiger partial charge on any atom is 0.239 e. The van der Waals surface area contributed by atoms with Crippen molar-refractivity contribution in [2.75, 3.05) is 13.1 Å². The minimum atomic E-state index is -0.828. The molecule has 4 nitrogen and oxygen atoms in total. The second-order valence-corrected chi connectivity index (χ2v) is 7.18. The average molecular weight is 376 g/mol. The van der Waals surface area contributed by atoms with E-state index in [0.29, 0.717) is 6.54 Å². The molecule has 0 atom stereocenters. The van der Waals surface area contributed by atoms with Crippen molar-refractivity contribution in [2.24, 2.45) is 11.7 Å². The molecule has 0 aromatic heterocycles. The molecule has 0 bridgehead atoms. The summed E-state index contributed by atoms with van der Waals surface area (Å²) >= 11 is 0. The maximum atomic E-state index is 11.8. The Bertz CT molecular complexity index is 492. The fourth-order valence-electron chi connectivity index (χ4n) is 2.65. The molecule has 0 spiro atoms. The molecule has 6 heteroatoms. The van der Waals surface area contributed by atoms with E-state index < -0.39 is 5.54 Å². The van der Waals surface area contributed by atoms with Crippen LogP contribution in [0.3, 0.4) is 0 Å². The number of nitrogens with two attached hydrogens (primary N) is 1. The van der Waals surface area contributed by atoms with Gasteiger partial charge in [-0.1, -0.05) is 31.2 Å². The first kappa shape index (κ1) is 23.2. The van der Waals surface area contributed by atoms with Crippen molar-refractivity contribution in [3.63, 3.8) is 0 Å². The summed E-state index contributed by atoms with van der Waals surface area (Å²) in [5.74, 6) is 0.744. The standard InChI is InChI=1S/C18H29N3O.2ClH/c1-14-8-10-21(11-9-14)13-16-6-4-15(5-7-16)12-20-17(22)18(2,3)19;;/h4-7,14H,8-13,19H2,1-3H3,(H,20,22);2*1H. The predicted molar refractivity (Wildman–Crippen MR) is 105 cm³/mol. The summed E-state index contributed by atoms with van der Waals surface area (Å²) in [6, 6.07) is 8.50. The Kier molecular flexibility index (Phi) is 9.90. The first-order valence-electron chi connectivity index (χ1n) is 8.22. The lowest BCUT2D eigenvalue weighted by Crippen LogP contribution is -2.48. The zero-order valence-corrected chi connectivity index (χ0v) is 16.5. The Balaban J connectivity index is 0.00000264. The van der Waals surface area contributed by atoms with Crippen LogP contribution in [0.5, 0.6) is 0 Å². The Morgan fingerprint density at radius 3 is 2.17 bits per heavy atom. The number of halogens is 2. The Labute approximate surface area is 158 Å². The van der Waals surface area contributed by atoms with Crippen molar-refractivity contribution in [1.29, 1.82) is 0 Å². The number of carbonyl (C=O) groups is 1. The monoisotopic (exact) mass is 375 g/mol. The highest BCUT2D eigenvalue weighted by Gasteiger charge is 2.21. The van der Waals surface area contributed by atoms with Gasteiger partial charge >= 0.3 is 0 Å². The van der Waals surface area contributed by atoms with Crippen LogP contribution in [0.25, 0.3) is 0 Å². The van der Waals surface area contributed by atoms with Crippen LogP contribution in [-0.2, 0) is 17.9 Å². The van der Waals surface area contributed by atoms with E-state index >= 15 is 0 Å². The van der Waals surface area contributed by atoms with E-state index in [9.17, 15) is 4.79 Å². The van der Waals surface area contributed by atoms with E-state index in [2.05, 4.69) is 41.4 Å². The fraction of sp³-hybridized carbons (Fsp3) is 0.611. The van der Waals surface area contributed by atoms with Crippen LogP contribution in [0.2, 0.25) is 0 Å². The molecule has 1 amide bonds. The molecule has 0 aliphatic carbocycles. The van der Waals surface area contributed by atoms with Gasteiger partial charge in [0.15, 0.2) is 0 Å². The van der Waals surface area contributed by atoms with Crippen LogP contribution >= 0.6 is 24.8 Å². The summed E-state index contributed by atoms with van der Waals surface area (Å²) in [6.45, 7) is 9.71. The number of rotatable bonds is 5. The largest absolute Gasteiger partial charge is 0.350 e. The summed E-state index contributed by atoms with van der Waals surface area (Å²) in [7, 11) is 0. The molecule has 1 aliphatic rings. The zero-order valence-electron chi connectivity index (χ0n) is 14.9. The lowest BCUT2D eigenvalue weighted by Gasteiger charge is -2.30. The molecule has 2 rings (SSSR count). The summed E-state index contributed by atoms with van der Waals surface area (Å²) in [4.78, 5) is 14.3. The number of likely N-dealkylation sites (tertiary alicyclic amines) is 1. The van der Waals surface area contributed by atoms with Gasteiger partial charge in [0.05, 0.1) is 5.54 Å². The lowest BCUT2D eigenvalue weighted by molar-refractivity contribution is -0.125. The Morgan fingerprint density at radius 1 is 1.17 bits per heavy atom. The zero-order chi connectivity index (χ0) is 16.2. The molecule has 0 radical (unpaired) electrons. The third-order valence-electron chi connectivity index (χ3n) is 4.34. The van der Waals surface area contributed by atoms with Crippen molar-refractivity contribution in [3.8, 4) is 0 Å². The third-order valence-corrected chi connectivity index (χ3v) is 4.34. The van der Waals surface area contributed by atoms with Gasteiger partial charge in [0.2, 0.25) is 5.91 Å². The van der Waals surface area contributed by atoms with Crippen LogP contribution < -0.4 is 11.1 Å². The van der Waals surface area contributed by atoms with Crippen molar-refractivity contribution in [3.05, 3.63) is 35.4 Å². The molecular weight excluding hydrogens is 345 g/mol. The second-order valence-electron chi connectivity index (χ2n) is 7.18. The quantitative estimate of drug-likeness (QED) is 0.830. The van der Waals surface area contributed by atoms with Crippen LogP contribution in [0.1, 0.15) is 44.7 Å². The van der Waals surface area contributed by atoms with Crippen molar-refractivity contribution in [1.82, 2.24) is 10.2 Å². The number of amides is 1. The van der Waals surface area contributed by atoms with Gasteiger partial charge in [0.1, 0.15) is 0 Å². The van der Waals surface area contributed by atoms with Gasteiger partial charge in [0.25, 0.3) is 0 Å². The second kappa shape index (κ2) is 10.2. The number of nitrogens with one attached hydrogen (secondary N) is 1. The molecule has 0 saturated carbocycles. The van der Waals surface area contributed by atoms with Gasteiger partial charge in [-0.3, -0.25) is 9.69 Å². The molecule has 0 unspecified atom stereocenters. The summed E-state index contributed by atoms with van der Waals surface area (Å²) in [5.41, 5.74) is 7.38. The highest BCUT2D eigenvalue weighted by molar-refractivity contribution is 5.85. The van der Waals surface area contributed by atoms with Gasteiger partial charge in [-0.25, -0.2) is 0 Å². The SMILES string of the molecule is CC1CCN(Cc2ccc(CNC(=O)C(C)(C)N)cc2)CC1.Cl.Cl. The van der Waals surface area contributed by atoms with Gasteiger partial charge in [0, 0.05) is 13.1 Å². The number of carbonyl (C=O) groups excluding carboxylic acids is 1. The van der Waals surface area contributed by atoms with E-state index in [4.69, 9.17) is 5.73 Å². The first-order chi connectivity index (χ1) is 10.3. The molecule has 1 aliphatic heterocycles. The molecule has 3 N–H and O–H groups in total. The van der Waals surface area contributed by atoms with E-state index in [0.717, 1.165) is 18.0 Å². The predicted octanol–water partition coefficient (Wildman–Crippen LogP) is 3.12. The maximum absolute atomic E-state index is 11.8. The average Bonchev–Trinajstić information content (AvgIpc) is 2.47. The van der Waals surface area contributed by atoms with Crippen LogP contribution in [0, 0.1) is 5.92 Å². The van der Waals surface area contributed by atoms with E-state index in [1.807, 2.05) is 0 Å². The number of nitrogens with zero attached hydrogens (tertiary/aromatic N) is 1. The van der Waals surface area contributed by atoms with Crippen molar-refractivity contribution < 1.29 is 4.79 Å². The summed E-state index contributed by atoms with van der Waals surface area (Å²) < 4.78 is 0. The highest BCUT2D eigenvalue weighted by atomic mass is 35.5. The Morgan fingerprint density at radius 2 is 1.67 bits per heavy atom. The molecule has 1 fully saturated rings. The summed E-state index contributed by atoms with van der Waals surface area (Å²) in [5, 5.41) is 2.87. The molecule has 1 saturated heterocycles. The normalized spacial score (nSPS) is 16.0. The van der Waals surface area contributed by atoms with Gasteiger partial charge < -0.3 is 11.1 Å². The lowest BCUT2D eigenvalue weighted by atomic mass is 9.99. The van der Waals surface area contributed by atoms with E-state index in [1.165, 1.54) is 31.5 Å². The van der Waals surface area contributed by atoms with Crippen LogP contribution in [0.15, 0.2) is 24.3 Å². The summed E-state index contributed by atoms with van der Waals surface area (Å²) in [6.07, 6.45) is 2.61. The van der Waals surface area contributed by atoms with Gasteiger partial charge in [-0.15, -0.1) is 24.8 Å². The number of piperidine rings is 1. The molecule has 138 valence electrons.